The molecule has 26 heavy (non-hydrogen) atoms. The fourth-order valence-electron chi connectivity index (χ4n) is 2.53. The fourth-order valence-corrected chi connectivity index (χ4v) is 2.53. The van der Waals surface area contributed by atoms with E-state index in [2.05, 4.69) is 20.2 Å². The number of methoxy groups -OCH3 is 1. The number of guanidine groups is 1. The van der Waals surface area contributed by atoms with Crippen molar-refractivity contribution >= 4 is 36.0 Å². The van der Waals surface area contributed by atoms with Crippen molar-refractivity contribution < 1.29 is 14.3 Å². The molecule has 146 valence electrons. The van der Waals surface area contributed by atoms with E-state index in [4.69, 9.17) is 9.47 Å². The number of amides is 1. The molecule has 1 aromatic rings. The van der Waals surface area contributed by atoms with Gasteiger partial charge in [0.05, 0.1) is 20.3 Å². The molecule has 0 unspecified atom stereocenters. The van der Waals surface area contributed by atoms with Crippen LogP contribution in [-0.4, -0.2) is 73.3 Å². The first-order valence-corrected chi connectivity index (χ1v) is 8.61. The van der Waals surface area contributed by atoms with Gasteiger partial charge >= 0.3 is 6.09 Å². The van der Waals surface area contributed by atoms with E-state index in [0.29, 0.717) is 32.1 Å². The van der Waals surface area contributed by atoms with Gasteiger partial charge in [-0.2, -0.15) is 0 Å². The normalized spacial score (nSPS) is 14.5. The second kappa shape index (κ2) is 11.8. The van der Waals surface area contributed by atoms with Crippen molar-refractivity contribution in [1.82, 2.24) is 20.1 Å². The summed E-state index contributed by atoms with van der Waals surface area (Å²) < 4.78 is 10.1. The Labute approximate surface area is 172 Å². The SMILES string of the molecule is CCNC(=NCc1ccc(OC)nc1)N1CCN(C(=O)OCC)CC1.I. The van der Waals surface area contributed by atoms with Gasteiger partial charge in [-0.1, -0.05) is 6.07 Å². The summed E-state index contributed by atoms with van der Waals surface area (Å²) in [6.45, 7) is 8.31. The molecule has 8 nitrogen and oxygen atoms in total. The van der Waals surface area contributed by atoms with Gasteiger partial charge in [-0.25, -0.2) is 14.8 Å². The third-order valence-corrected chi connectivity index (χ3v) is 3.86. The number of carbonyl (C=O) groups is 1. The number of halogens is 1. The van der Waals surface area contributed by atoms with E-state index in [1.165, 1.54) is 0 Å². The van der Waals surface area contributed by atoms with Gasteiger partial charge in [0.1, 0.15) is 0 Å². The van der Waals surface area contributed by atoms with E-state index >= 15 is 0 Å². The molecule has 0 atom stereocenters. The van der Waals surface area contributed by atoms with Crippen LogP contribution in [0.15, 0.2) is 23.3 Å². The molecule has 0 spiro atoms. The Bertz CT molecular complexity index is 574. The zero-order valence-corrected chi connectivity index (χ0v) is 17.9. The van der Waals surface area contributed by atoms with E-state index in [9.17, 15) is 4.79 Å². The van der Waals surface area contributed by atoms with Gasteiger partial charge < -0.3 is 24.6 Å². The predicted molar refractivity (Wildman–Crippen MR) is 111 cm³/mol. The largest absolute Gasteiger partial charge is 0.481 e. The highest BCUT2D eigenvalue weighted by Gasteiger charge is 2.23. The number of carbonyl (C=O) groups excluding carboxylic acids is 1. The van der Waals surface area contributed by atoms with Gasteiger partial charge in [0.2, 0.25) is 5.88 Å². The van der Waals surface area contributed by atoms with Crippen LogP contribution in [-0.2, 0) is 11.3 Å². The van der Waals surface area contributed by atoms with E-state index < -0.39 is 0 Å². The maximum atomic E-state index is 11.8. The molecule has 2 heterocycles. The monoisotopic (exact) mass is 477 g/mol. The van der Waals surface area contributed by atoms with Crippen molar-refractivity contribution in [3.05, 3.63) is 23.9 Å². The van der Waals surface area contributed by atoms with Crippen LogP contribution in [0, 0.1) is 0 Å². The molecule has 9 heteroatoms. The first-order valence-electron chi connectivity index (χ1n) is 8.61. The van der Waals surface area contributed by atoms with Gasteiger partial charge in [0, 0.05) is 45.0 Å². The lowest BCUT2D eigenvalue weighted by Crippen LogP contribution is -2.53. The molecule has 1 fully saturated rings. The van der Waals surface area contributed by atoms with E-state index in [1.54, 1.807) is 18.2 Å². The lowest BCUT2D eigenvalue weighted by atomic mass is 10.3. The summed E-state index contributed by atoms with van der Waals surface area (Å²) >= 11 is 0. The molecular formula is C17H28IN5O3. The van der Waals surface area contributed by atoms with Gasteiger partial charge in [0.25, 0.3) is 0 Å². The summed E-state index contributed by atoms with van der Waals surface area (Å²) in [5.74, 6) is 1.44. The summed E-state index contributed by atoms with van der Waals surface area (Å²) in [5.41, 5.74) is 1.02. The average molecular weight is 477 g/mol. The summed E-state index contributed by atoms with van der Waals surface area (Å²) in [5, 5.41) is 3.31. The smallest absolute Gasteiger partial charge is 0.409 e. The first kappa shape index (κ1) is 22.3. The number of piperazine rings is 1. The lowest BCUT2D eigenvalue weighted by molar-refractivity contribution is 0.0914. The molecule has 0 radical (unpaired) electrons. The number of nitrogens with one attached hydrogen (secondary N) is 1. The summed E-state index contributed by atoms with van der Waals surface area (Å²) in [4.78, 5) is 24.6. The quantitative estimate of drug-likeness (QED) is 0.397. The number of pyridine rings is 1. The maximum Gasteiger partial charge on any atom is 0.409 e. The van der Waals surface area contributed by atoms with Crippen LogP contribution in [0.5, 0.6) is 5.88 Å². The average Bonchev–Trinajstić information content (AvgIpc) is 2.66. The number of aromatic nitrogens is 1. The predicted octanol–water partition coefficient (Wildman–Crippen LogP) is 1.95. The number of nitrogens with zero attached hydrogens (tertiary/aromatic N) is 4. The van der Waals surface area contributed by atoms with Crippen molar-refractivity contribution in [3.8, 4) is 5.88 Å². The third kappa shape index (κ3) is 6.50. The van der Waals surface area contributed by atoms with Crippen molar-refractivity contribution in [3.63, 3.8) is 0 Å². The van der Waals surface area contributed by atoms with Crippen molar-refractivity contribution in [1.29, 1.82) is 0 Å². The van der Waals surface area contributed by atoms with Crippen LogP contribution in [0.25, 0.3) is 0 Å². The molecule has 1 saturated heterocycles. The molecule has 1 aliphatic rings. The number of aliphatic imine (C=N–C) groups is 1. The highest BCUT2D eigenvalue weighted by Crippen LogP contribution is 2.09. The van der Waals surface area contributed by atoms with Gasteiger partial charge in [-0.05, 0) is 19.4 Å². The van der Waals surface area contributed by atoms with Gasteiger partial charge in [0.15, 0.2) is 5.96 Å². The number of ether oxygens (including phenoxy) is 2. The van der Waals surface area contributed by atoms with Crippen LogP contribution < -0.4 is 10.1 Å². The number of hydrogen-bond acceptors (Lipinski definition) is 5. The van der Waals surface area contributed by atoms with Gasteiger partial charge in [-0.15, -0.1) is 24.0 Å². The molecule has 2 rings (SSSR count). The van der Waals surface area contributed by atoms with Crippen molar-refractivity contribution in [2.75, 3.05) is 46.4 Å². The summed E-state index contributed by atoms with van der Waals surface area (Å²) in [6.07, 6.45) is 1.53. The minimum absolute atomic E-state index is 0. The fraction of sp³-hybridized carbons (Fsp3) is 0.588. The Morgan fingerprint density at radius 1 is 1.23 bits per heavy atom. The summed E-state index contributed by atoms with van der Waals surface area (Å²) in [6, 6.07) is 3.79. The Kier molecular flexibility index (Phi) is 10.1. The molecule has 0 saturated carbocycles. The summed E-state index contributed by atoms with van der Waals surface area (Å²) in [7, 11) is 1.60. The molecule has 1 aliphatic heterocycles. The minimum atomic E-state index is -0.242. The Balaban J connectivity index is 0.00000338. The highest BCUT2D eigenvalue weighted by atomic mass is 127. The number of hydrogen-bond donors (Lipinski definition) is 1. The lowest BCUT2D eigenvalue weighted by Gasteiger charge is -2.35. The van der Waals surface area contributed by atoms with Gasteiger partial charge in [-0.3, -0.25) is 0 Å². The topological polar surface area (TPSA) is 79.3 Å². The second-order valence-corrected chi connectivity index (χ2v) is 5.55. The maximum absolute atomic E-state index is 11.8. The van der Waals surface area contributed by atoms with Crippen LogP contribution in [0.4, 0.5) is 4.79 Å². The van der Waals surface area contributed by atoms with Crippen LogP contribution in [0.1, 0.15) is 19.4 Å². The van der Waals surface area contributed by atoms with Crippen LogP contribution >= 0.6 is 24.0 Å². The molecule has 1 N–H and O–H groups in total. The van der Waals surface area contributed by atoms with Crippen LogP contribution in [0.3, 0.4) is 0 Å². The van der Waals surface area contributed by atoms with Crippen molar-refractivity contribution in [2.24, 2.45) is 4.99 Å². The molecule has 0 aromatic carbocycles. The zero-order chi connectivity index (χ0) is 18.1. The van der Waals surface area contributed by atoms with Crippen LogP contribution in [0.2, 0.25) is 0 Å². The zero-order valence-electron chi connectivity index (χ0n) is 15.6. The minimum Gasteiger partial charge on any atom is -0.481 e. The molecule has 0 bridgehead atoms. The van der Waals surface area contributed by atoms with E-state index in [1.807, 2.05) is 26.0 Å². The Hall–Kier alpha value is -1.78. The standard InChI is InChI=1S/C17H27N5O3.HI/c1-4-18-16(20-13-14-6-7-15(24-3)19-12-14)21-8-10-22(11-9-21)17(23)25-5-2;/h6-7,12H,4-5,8-11,13H2,1-3H3,(H,18,20);1H. The van der Waals surface area contributed by atoms with E-state index in [-0.39, 0.29) is 30.1 Å². The third-order valence-electron chi connectivity index (χ3n) is 3.86. The highest BCUT2D eigenvalue weighted by molar-refractivity contribution is 14.0. The molecule has 1 aromatic heterocycles. The first-order chi connectivity index (χ1) is 12.2. The molecular weight excluding hydrogens is 449 g/mol. The Morgan fingerprint density at radius 3 is 2.46 bits per heavy atom. The van der Waals surface area contributed by atoms with Crippen molar-refractivity contribution in [2.45, 2.75) is 20.4 Å². The molecule has 1 amide bonds. The number of rotatable bonds is 5. The Morgan fingerprint density at radius 2 is 1.92 bits per heavy atom. The van der Waals surface area contributed by atoms with E-state index in [0.717, 1.165) is 31.2 Å². The molecule has 0 aliphatic carbocycles. The second-order valence-electron chi connectivity index (χ2n) is 5.55.